The van der Waals surface area contributed by atoms with Crippen molar-refractivity contribution in [3.05, 3.63) is 29.8 Å². The van der Waals surface area contributed by atoms with Crippen LogP contribution in [-0.2, 0) is 4.74 Å². The van der Waals surface area contributed by atoms with E-state index in [2.05, 4.69) is 25.2 Å². The molecule has 3 heteroatoms. The monoisotopic (exact) mass is 263 g/mol. The van der Waals surface area contributed by atoms with Gasteiger partial charge in [0, 0.05) is 24.3 Å². The molecule has 1 saturated heterocycles. The van der Waals surface area contributed by atoms with E-state index in [9.17, 15) is 0 Å². The Labute approximate surface area is 116 Å². The maximum Gasteiger partial charge on any atom is 0.125 e. The number of rotatable bonds is 4. The van der Waals surface area contributed by atoms with Crippen LogP contribution in [0.2, 0.25) is 0 Å². The van der Waals surface area contributed by atoms with Gasteiger partial charge in [-0.25, -0.2) is 0 Å². The molecule has 0 saturated carbocycles. The second-order valence-corrected chi connectivity index (χ2v) is 5.38. The van der Waals surface area contributed by atoms with Gasteiger partial charge < -0.3 is 14.8 Å². The van der Waals surface area contributed by atoms with E-state index in [0.717, 1.165) is 37.3 Å². The largest absolute Gasteiger partial charge is 0.493 e. The Hall–Kier alpha value is -1.06. The van der Waals surface area contributed by atoms with Gasteiger partial charge >= 0.3 is 0 Å². The van der Waals surface area contributed by atoms with Crippen molar-refractivity contribution in [3.63, 3.8) is 0 Å². The molecule has 2 rings (SSSR count). The highest BCUT2D eigenvalue weighted by atomic mass is 16.5. The van der Waals surface area contributed by atoms with Crippen molar-refractivity contribution in [2.45, 2.75) is 45.3 Å². The summed E-state index contributed by atoms with van der Waals surface area (Å²) in [7, 11) is 0. The molecule has 3 nitrogen and oxygen atoms in total. The van der Waals surface area contributed by atoms with E-state index >= 15 is 0 Å². The fourth-order valence-corrected chi connectivity index (χ4v) is 2.45. The zero-order chi connectivity index (χ0) is 13.7. The Morgan fingerprint density at radius 2 is 2.16 bits per heavy atom. The quantitative estimate of drug-likeness (QED) is 0.904. The van der Waals surface area contributed by atoms with E-state index < -0.39 is 0 Å². The van der Waals surface area contributed by atoms with E-state index in [4.69, 9.17) is 9.47 Å². The van der Waals surface area contributed by atoms with Crippen molar-refractivity contribution in [3.8, 4) is 5.75 Å². The summed E-state index contributed by atoms with van der Waals surface area (Å²) in [6.07, 6.45) is 2.25. The first-order valence-corrected chi connectivity index (χ1v) is 7.27. The smallest absolute Gasteiger partial charge is 0.125 e. The fraction of sp³-hybridized carbons (Fsp3) is 0.625. The molecular formula is C16H25NO2. The summed E-state index contributed by atoms with van der Waals surface area (Å²) in [5, 5.41) is 3.64. The summed E-state index contributed by atoms with van der Waals surface area (Å²) in [6.45, 7) is 8.83. The van der Waals surface area contributed by atoms with E-state index in [0.29, 0.717) is 6.61 Å². The van der Waals surface area contributed by atoms with Crippen LogP contribution >= 0.6 is 0 Å². The molecule has 1 N–H and O–H groups in total. The zero-order valence-electron chi connectivity index (χ0n) is 12.2. The molecule has 0 amide bonds. The molecule has 1 aliphatic rings. The van der Waals surface area contributed by atoms with E-state index in [-0.39, 0.29) is 11.6 Å². The summed E-state index contributed by atoms with van der Waals surface area (Å²) < 4.78 is 11.7. The number of ether oxygens (including phenoxy) is 2. The topological polar surface area (TPSA) is 30.5 Å². The highest BCUT2D eigenvalue weighted by molar-refractivity contribution is 5.35. The molecule has 0 spiro atoms. The van der Waals surface area contributed by atoms with Crippen molar-refractivity contribution in [2.75, 3.05) is 19.8 Å². The van der Waals surface area contributed by atoms with Gasteiger partial charge in [0.05, 0.1) is 12.7 Å². The molecule has 106 valence electrons. The van der Waals surface area contributed by atoms with E-state index in [1.165, 1.54) is 0 Å². The summed E-state index contributed by atoms with van der Waals surface area (Å²) in [5.74, 6) is 0.942. The minimum atomic E-state index is 0.0797. The molecule has 1 aromatic carbocycles. The average molecular weight is 263 g/mol. The first kappa shape index (κ1) is 14.4. The van der Waals surface area contributed by atoms with Crippen LogP contribution in [0.25, 0.3) is 0 Å². The Morgan fingerprint density at radius 1 is 1.37 bits per heavy atom. The minimum absolute atomic E-state index is 0.0797. The lowest BCUT2D eigenvalue weighted by atomic mass is 9.95. The highest BCUT2D eigenvalue weighted by Gasteiger charge is 2.28. The Morgan fingerprint density at radius 3 is 2.89 bits per heavy atom. The van der Waals surface area contributed by atoms with Crippen molar-refractivity contribution < 1.29 is 9.47 Å². The molecule has 0 bridgehead atoms. The second-order valence-electron chi connectivity index (χ2n) is 5.38. The van der Waals surface area contributed by atoms with E-state index in [1.54, 1.807) is 0 Å². The van der Waals surface area contributed by atoms with Gasteiger partial charge in [-0.05, 0) is 32.8 Å². The molecule has 19 heavy (non-hydrogen) atoms. The maximum atomic E-state index is 6.03. The van der Waals surface area contributed by atoms with Crippen LogP contribution < -0.4 is 10.1 Å². The summed E-state index contributed by atoms with van der Waals surface area (Å²) in [5.41, 5.74) is 1.34. The van der Waals surface area contributed by atoms with Gasteiger partial charge in [-0.2, -0.15) is 0 Å². The van der Waals surface area contributed by atoms with Crippen LogP contribution in [0.15, 0.2) is 24.3 Å². The molecule has 0 aromatic heterocycles. The second kappa shape index (κ2) is 6.40. The first-order chi connectivity index (χ1) is 9.18. The molecule has 1 aromatic rings. The number of hydrogen-bond acceptors (Lipinski definition) is 3. The predicted octanol–water partition coefficient (Wildman–Crippen LogP) is 3.31. The minimum Gasteiger partial charge on any atom is -0.493 e. The Bertz CT molecular complexity index is 407. The SMILES string of the molecule is CCOc1ccccc1C1CNC(C)(CC)CCO1. The number of benzene rings is 1. The van der Waals surface area contributed by atoms with Crippen LogP contribution in [0.3, 0.4) is 0 Å². The molecule has 1 aliphatic heterocycles. The molecular weight excluding hydrogens is 238 g/mol. The lowest BCUT2D eigenvalue weighted by molar-refractivity contribution is 0.0632. The predicted molar refractivity (Wildman–Crippen MR) is 77.6 cm³/mol. The van der Waals surface area contributed by atoms with Crippen molar-refractivity contribution in [2.24, 2.45) is 0 Å². The van der Waals surface area contributed by atoms with Crippen LogP contribution in [0, 0.1) is 0 Å². The van der Waals surface area contributed by atoms with Crippen molar-refractivity contribution in [1.29, 1.82) is 0 Å². The lowest BCUT2D eigenvalue weighted by Gasteiger charge is -2.27. The van der Waals surface area contributed by atoms with Gasteiger partial charge in [0.25, 0.3) is 0 Å². The molecule has 2 unspecified atom stereocenters. The third-order valence-corrected chi connectivity index (χ3v) is 4.03. The standard InChI is InChI=1S/C16H25NO2/c1-4-16(3)10-11-19-15(12-17-16)13-8-6-7-9-14(13)18-5-2/h6-9,15,17H,4-5,10-12H2,1-3H3. The van der Waals surface area contributed by atoms with Gasteiger partial charge in [-0.15, -0.1) is 0 Å². The molecule has 0 aliphatic carbocycles. The third kappa shape index (κ3) is 3.48. The van der Waals surface area contributed by atoms with Crippen LogP contribution in [0.4, 0.5) is 0 Å². The van der Waals surface area contributed by atoms with E-state index in [1.807, 2.05) is 25.1 Å². The van der Waals surface area contributed by atoms with Gasteiger partial charge in [-0.1, -0.05) is 25.1 Å². The molecule has 2 atom stereocenters. The molecule has 1 fully saturated rings. The lowest BCUT2D eigenvalue weighted by Crippen LogP contribution is -2.42. The first-order valence-electron chi connectivity index (χ1n) is 7.27. The number of hydrogen-bond donors (Lipinski definition) is 1. The van der Waals surface area contributed by atoms with Crippen molar-refractivity contribution in [1.82, 2.24) is 5.32 Å². The van der Waals surface area contributed by atoms with Crippen LogP contribution in [-0.4, -0.2) is 25.3 Å². The summed E-state index contributed by atoms with van der Waals surface area (Å²) in [6, 6.07) is 8.18. The molecule has 0 radical (unpaired) electrons. The van der Waals surface area contributed by atoms with Gasteiger partial charge in [-0.3, -0.25) is 0 Å². The fourth-order valence-electron chi connectivity index (χ4n) is 2.45. The van der Waals surface area contributed by atoms with Gasteiger partial charge in [0.2, 0.25) is 0 Å². The third-order valence-electron chi connectivity index (χ3n) is 4.03. The molecule has 1 heterocycles. The summed E-state index contributed by atoms with van der Waals surface area (Å²) >= 11 is 0. The van der Waals surface area contributed by atoms with Gasteiger partial charge in [0.15, 0.2) is 0 Å². The summed E-state index contributed by atoms with van der Waals surface area (Å²) in [4.78, 5) is 0. The Kier molecular flexibility index (Phi) is 4.83. The number of para-hydroxylation sites is 1. The van der Waals surface area contributed by atoms with Gasteiger partial charge in [0.1, 0.15) is 5.75 Å². The average Bonchev–Trinajstić information content (AvgIpc) is 2.63. The van der Waals surface area contributed by atoms with Crippen LogP contribution in [0.1, 0.15) is 45.3 Å². The highest BCUT2D eigenvalue weighted by Crippen LogP contribution is 2.30. The Balaban J connectivity index is 2.14. The zero-order valence-corrected chi connectivity index (χ0v) is 12.2. The van der Waals surface area contributed by atoms with Crippen LogP contribution in [0.5, 0.6) is 5.75 Å². The number of nitrogens with one attached hydrogen (secondary N) is 1. The van der Waals surface area contributed by atoms with Crippen molar-refractivity contribution >= 4 is 0 Å². The normalized spacial score (nSPS) is 27.8. The maximum absolute atomic E-state index is 6.03.